The normalized spacial score (nSPS) is 10.4. The van der Waals surface area contributed by atoms with Gasteiger partial charge in [0.1, 0.15) is 0 Å². The lowest BCUT2D eigenvalue weighted by molar-refractivity contribution is 1.11. The van der Waals surface area contributed by atoms with Crippen LogP contribution in [-0.2, 0) is 13.0 Å². The number of hydrogen-bond acceptors (Lipinski definition) is 1. The highest BCUT2D eigenvalue weighted by Gasteiger charge is 2.01. The predicted octanol–water partition coefficient (Wildman–Crippen LogP) is 5.17. The van der Waals surface area contributed by atoms with E-state index < -0.39 is 0 Å². The second kappa shape index (κ2) is 6.12. The van der Waals surface area contributed by atoms with Crippen LogP contribution in [-0.4, -0.2) is 0 Å². The summed E-state index contributed by atoms with van der Waals surface area (Å²) in [5, 5.41) is 4.66. The molecule has 0 aliphatic rings. The van der Waals surface area contributed by atoms with Crippen molar-refractivity contribution < 1.29 is 0 Å². The van der Waals surface area contributed by atoms with Crippen molar-refractivity contribution >= 4 is 28.9 Å². The Morgan fingerprint density at radius 1 is 0.944 bits per heavy atom. The van der Waals surface area contributed by atoms with Crippen LogP contribution in [0.25, 0.3) is 0 Å². The van der Waals surface area contributed by atoms with Gasteiger partial charge in [-0.05, 0) is 35.7 Å². The predicted molar refractivity (Wildman–Crippen MR) is 79.6 cm³/mol. The molecule has 0 saturated carbocycles. The number of aryl methyl sites for hydroxylation is 1. The van der Waals surface area contributed by atoms with Gasteiger partial charge in [0.15, 0.2) is 0 Å². The molecule has 2 aromatic carbocycles. The second-order valence-electron chi connectivity index (χ2n) is 4.15. The van der Waals surface area contributed by atoms with E-state index in [2.05, 4.69) is 36.5 Å². The summed E-state index contributed by atoms with van der Waals surface area (Å²) < 4.78 is 0. The maximum Gasteiger partial charge on any atom is 0.0638 e. The van der Waals surface area contributed by atoms with Gasteiger partial charge in [0.2, 0.25) is 0 Å². The molecule has 3 heteroatoms. The van der Waals surface area contributed by atoms with E-state index >= 15 is 0 Å². The van der Waals surface area contributed by atoms with Crippen LogP contribution in [0.15, 0.2) is 42.5 Å². The quantitative estimate of drug-likeness (QED) is 0.814. The van der Waals surface area contributed by atoms with Crippen LogP contribution >= 0.6 is 23.2 Å². The Balaban J connectivity index is 2.04. The first-order valence-corrected chi connectivity index (χ1v) is 6.71. The van der Waals surface area contributed by atoms with E-state index in [1.807, 2.05) is 6.07 Å². The van der Waals surface area contributed by atoms with Gasteiger partial charge in [-0.25, -0.2) is 0 Å². The van der Waals surface area contributed by atoms with Gasteiger partial charge < -0.3 is 5.32 Å². The summed E-state index contributed by atoms with van der Waals surface area (Å²) in [7, 11) is 0. The Kier molecular flexibility index (Phi) is 4.51. The number of anilines is 1. The minimum Gasteiger partial charge on any atom is -0.380 e. The molecule has 94 valence electrons. The maximum atomic E-state index is 6.09. The molecule has 2 rings (SSSR count). The molecule has 0 bridgehead atoms. The molecule has 18 heavy (non-hydrogen) atoms. The Morgan fingerprint density at radius 3 is 2.28 bits per heavy atom. The van der Waals surface area contributed by atoms with Crippen molar-refractivity contribution in [2.24, 2.45) is 0 Å². The number of nitrogens with one attached hydrogen (secondary N) is 1. The Hall–Kier alpha value is -1.18. The highest BCUT2D eigenvalue weighted by Crippen LogP contribution is 2.25. The summed E-state index contributed by atoms with van der Waals surface area (Å²) in [6.45, 7) is 2.89. The highest BCUT2D eigenvalue weighted by molar-refractivity contribution is 6.35. The van der Waals surface area contributed by atoms with Crippen molar-refractivity contribution in [1.82, 2.24) is 0 Å². The standard InChI is InChI=1S/C15H15Cl2N/c1-2-11-3-5-12(6-4-11)10-18-15-9-13(16)7-8-14(15)17/h3-9,18H,2,10H2,1H3. The van der Waals surface area contributed by atoms with Crippen molar-refractivity contribution in [1.29, 1.82) is 0 Å². The largest absolute Gasteiger partial charge is 0.380 e. The van der Waals surface area contributed by atoms with E-state index in [9.17, 15) is 0 Å². The smallest absolute Gasteiger partial charge is 0.0638 e. The van der Waals surface area contributed by atoms with E-state index in [1.165, 1.54) is 11.1 Å². The van der Waals surface area contributed by atoms with Crippen molar-refractivity contribution in [2.75, 3.05) is 5.32 Å². The van der Waals surface area contributed by atoms with Gasteiger partial charge in [-0.1, -0.05) is 54.4 Å². The summed E-state index contributed by atoms with van der Waals surface area (Å²) in [5.41, 5.74) is 3.44. The molecule has 0 aliphatic carbocycles. The van der Waals surface area contributed by atoms with Gasteiger partial charge in [0.25, 0.3) is 0 Å². The zero-order chi connectivity index (χ0) is 13.0. The van der Waals surface area contributed by atoms with E-state index in [-0.39, 0.29) is 0 Å². The molecule has 1 nitrogen and oxygen atoms in total. The average Bonchev–Trinajstić information content (AvgIpc) is 2.40. The first-order chi connectivity index (χ1) is 8.69. The third-order valence-electron chi connectivity index (χ3n) is 2.84. The molecule has 0 unspecified atom stereocenters. The third kappa shape index (κ3) is 3.41. The third-order valence-corrected chi connectivity index (χ3v) is 3.41. The SMILES string of the molecule is CCc1ccc(CNc2cc(Cl)ccc2Cl)cc1. The van der Waals surface area contributed by atoms with Crippen LogP contribution in [0, 0.1) is 0 Å². The fraction of sp³-hybridized carbons (Fsp3) is 0.200. The minimum atomic E-state index is 0.684. The topological polar surface area (TPSA) is 12.0 Å². The van der Waals surface area contributed by atoms with Crippen LogP contribution in [0.5, 0.6) is 0 Å². The fourth-order valence-corrected chi connectivity index (χ4v) is 2.08. The summed E-state index contributed by atoms with van der Waals surface area (Å²) in [5.74, 6) is 0. The summed E-state index contributed by atoms with van der Waals surface area (Å²) in [6.07, 6.45) is 1.06. The van der Waals surface area contributed by atoms with Crippen molar-refractivity contribution in [2.45, 2.75) is 19.9 Å². The second-order valence-corrected chi connectivity index (χ2v) is 4.99. The molecule has 2 aromatic rings. The molecule has 0 radical (unpaired) electrons. The van der Waals surface area contributed by atoms with Crippen molar-refractivity contribution in [3.63, 3.8) is 0 Å². The van der Waals surface area contributed by atoms with Crippen LogP contribution in [0.2, 0.25) is 10.0 Å². The lowest BCUT2D eigenvalue weighted by Gasteiger charge is -2.09. The molecular formula is C15H15Cl2N. The first-order valence-electron chi connectivity index (χ1n) is 5.96. The molecular weight excluding hydrogens is 265 g/mol. The van der Waals surface area contributed by atoms with Crippen LogP contribution in [0.4, 0.5) is 5.69 Å². The molecule has 0 saturated heterocycles. The van der Waals surface area contributed by atoms with E-state index in [1.54, 1.807) is 12.1 Å². The Morgan fingerprint density at radius 2 is 1.61 bits per heavy atom. The lowest BCUT2D eigenvalue weighted by Crippen LogP contribution is -2.00. The molecule has 0 heterocycles. The number of halogens is 2. The van der Waals surface area contributed by atoms with E-state index in [4.69, 9.17) is 23.2 Å². The molecule has 0 atom stereocenters. The monoisotopic (exact) mass is 279 g/mol. The van der Waals surface area contributed by atoms with Crippen LogP contribution < -0.4 is 5.32 Å². The lowest BCUT2D eigenvalue weighted by atomic mass is 10.1. The number of rotatable bonds is 4. The Labute approximate surface area is 118 Å². The Bertz CT molecular complexity index is 521. The summed E-state index contributed by atoms with van der Waals surface area (Å²) in [6, 6.07) is 14.0. The van der Waals surface area contributed by atoms with Crippen LogP contribution in [0.3, 0.4) is 0 Å². The first kappa shape index (κ1) is 13.3. The molecule has 0 amide bonds. The molecule has 0 fully saturated rings. The molecule has 1 N–H and O–H groups in total. The van der Waals surface area contributed by atoms with E-state index in [0.717, 1.165) is 18.7 Å². The minimum absolute atomic E-state index is 0.684. The van der Waals surface area contributed by atoms with Gasteiger partial charge in [-0.2, -0.15) is 0 Å². The average molecular weight is 280 g/mol. The maximum absolute atomic E-state index is 6.09. The van der Waals surface area contributed by atoms with Gasteiger partial charge in [0.05, 0.1) is 10.7 Å². The van der Waals surface area contributed by atoms with Crippen molar-refractivity contribution in [3.05, 3.63) is 63.6 Å². The van der Waals surface area contributed by atoms with Crippen LogP contribution in [0.1, 0.15) is 18.1 Å². The van der Waals surface area contributed by atoms with Gasteiger partial charge in [-0.3, -0.25) is 0 Å². The highest BCUT2D eigenvalue weighted by atomic mass is 35.5. The molecule has 0 aromatic heterocycles. The number of benzene rings is 2. The summed E-state index contributed by atoms with van der Waals surface area (Å²) in [4.78, 5) is 0. The van der Waals surface area contributed by atoms with Gasteiger partial charge in [0, 0.05) is 11.6 Å². The zero-order valence-corrected chi connectivity index (χ0v) is 11.7. The molecule has 0 spiro atoms. The van der Waals surface area contributed by atoms with Crippen molar-refractivity contribution in [3.8, 4) is 0 Å². The zero-order valence-electron chi connectivity index (χ0n) is 10.2. The fourth-order valence-electron chi connectivity index (χ4n) is 1.72. The van der Waals surface area contributed by atoms with Gasteiger partial charge >= 0.3 is 0 Å². The summed E-state index contributed by atoms with van der Waals surface area (Å²) >= 11 is 12.0. The van der Waals surface area contributed by atoms with Gasteiger partial charge in [-0.15, -0.1) is 0 Å². The molecule has 0 aliphatic heterocycles. The number of hydrogen-bond donors (Lipinski definition) is 1. The van der Waals surface area contributed by atoms with E-state index in [0.29, 0.717) is 10.0 Å².